The third-order valence-electron chi connectivity index (χ3n) is 3.04. The summed E-state index contributed by atoms with van der Waals surface area (Å²) in [6.45, 7) is 9.19. The van der Waals surface area contributed by atoms with Crippen LogP contribution in [0.25, 0.3) is 0 Å². The summed E-state index contributed by atoms with van der Waals surface area (Å²) in [5.74, 6) is -0.918. The molecule has 19 heavy (non-hydrogen) atoms. The van der Waals surface area contributed by atoms with Crippen LogP contribution in [0.1, 0.15) is 31.1 Å². The Morgan fingerprint density at radius 3 is 2.58 bits per heavy atom. The Labute approximate surface area is 122 Å². The van der Waals surface area contributed by atoms with E-state index in [1.807, 2.05) is 6.07 Å². The second-order valence-electron chi connectivity index (χ2n) is 4.53. The van der Waals surface area contributed by atoms with E-state index in [0.29, 0.717) is 11.3 Å². The molecule has 0 aliphatic heterocycles. The molecule has 0 heterocycles. The summed E-state index contributed by atoms with van der Waals surface area (Å²) in [6, 6.07) is 5.46. The monoisotopic (exact) mass is 328 g/mol. The number of anilines is 1. The molecular weight excluding hydrogens is 308 g/mol. The average molecular weight is 329 g/mol. The first kappa shape index (κ1) is 16.0. The Kier molecular flexibility index (Phi) is 6.31. The molecule has 0 aliphatic rings. The van der Waals surface area contributed by atoms with Gasteiger partial charge in [-0.25, -0.2) is 4.79 Å². The lowest BCUT2D eigenvalue weighted by Crippen LogP contribution is -2.35. The molecule has 1 aromatic rings. The van der Waals surface area contributed by atoms with Crippen molar-refractivity contribution in [2.45, 2.75) is 26.8 Å². The number of carbonyl (C=O) groups is 1. The standard InChI is InChI=1S/C14H21BrN2O2/c1-4-17(5-2)9-10(3)16-13-7-6-11(15)8-12(13)14(18)19/h6-8,10,16H,4-5,9H2,1-3H3,(H,18,19). The zero-order valence-corrected chi connectivity index (χ0v) is 13.2. The van der Waals surface area contributed by atoms with Crippen LogP contribution in [0.4, 0.5) is 5.69 Å². The van der Waals surface area contributed by atoms with Crippen LogP contribution in [0.3, 0.4) is 0 Å². The highest BCUT2D eigenvalue weighted by Crippen LogP contribution is 2.22. The summed E-state index contributed by atoms with van der Waals surface area (Å²) in [6.07, 6.45) is 0. The molecule has 1 atom stereocenters. The van der Waals surface area contributed by atoms with Crippen LogP contribution in [-0.2, 0) is 0 Å². The lowest BCUT2D eigenvalue weighted by molar-refractivity contribution is 0.0698. The van der Waals surface area contributed by atoms with E-state index in [9.17, 15) is 9.90 Å². The van der Waals surface area contributed by atoms with Gasteiger partial charge in [-0.05, 0) is 38.2 Å². The van der Waals surface area contributed by atoms with Crippen molar-refractivity contribution in [3.8, 4) is 0 Å². The van der Waals surface area contributed by atoms with E-state index in [1.165, 1.54) is 0 Å². The number of hydrogen-bond acceptors (Lipinski definition) is 3. The van der Waals surface area contributed by atoms with Crippen molar-refractivity contribution in [2.75, 3.05) is 25.0 Å². The molecule has 0 aromatic heterocycles. The van der Waals surface area contributed by atoms with Crippen LogP contribution < -0.4 is 5.32 Å². The minimum Gasteiger partial charge on any atom is -0.478 e. The van der Waals surface area contributed by atoms with Gasteiger partial charge in [0.2, 0.25) is 0 Å². The highest BCUT2D eigenvalue weighted by atomic mass is 79.9. The van der Waals surface area contributed by atoms with Gasteiger partial charge >= 0.3 is 5.97 Å². The zero-order valence-electron chi connectivity index (χ0n) is 11.6. The van der Waals surface area contributed by atoms with Gasteiger partial charge < -0.3 is 15.3 Å². The first-order chi connectivity index (χ1) is 8.97. The van der Waals surface area contributed by atoms with Crippen LogP contribution in [0.15, 0.2) is 22.7 Å². The molecule has 1 rings (SSSR count). The van der Waals surface area contributed by atoms with Crippen LogP contribution in [0.2, 0.25) is 0 Å². The van der Waals surface area contributed by atoms with Crippen LogP contribution in [0, 0.1) is 0 Å². The fourth-order valence-corrected chi connectivity index (χ4v) is 2.36. The molecule has 0 amide bonds. The highest BCUT2D eigenvalue weighted by Gasteiger charge is 2.13. The van der Waals surface area contributed by atoms with Gasteiger partial charge in [0.15, 0.2) is 0 Å². The number of nitrogens with one attached hydrogen (secondary N) is 1. The Balaban J connectivity index is 2.78. The van der Waals surface area contributed by atoms with Crippen molar-refractivity contribution in [2.24, 2.45) is 0 Å². The molecular formula is C14H21BrN2O2. The third-order valence-corrected chi connectivity index (χ3v) is 3.53. The summed E-state index contributed by atoms with van der Waals surface area (Å²) in [4.78, 5) is 13.5. The normalized spacial score (nSPS) is 12.5. The summed E-state index contributed by atoms with van der Waals surface area (Å²) in [5.41, 5.74) is 0.955. The fraction of sp³-hybridized carbons (Fsp3) is 0.500. The second-order valence-corrected chi connectivity index (χ2v) is 5.44. The number of nitrogens with zero attached hydrogens (tertiary/aromatic N) is 1. The number of aromatic carboxylic acids is 1. The molecule has 0 saturated heterocycles. The van der Waals surface area contributed by atoms with Crippen LogP contribution in [0.5, 0.6) is 0 Å². The molecule has 0 spiro atoms. The fourth-order valence-electron chi connectivity index (χ4n) is 2.00. The molecule has 0 fully saturated rings. The summed E-state index contributed by atoms with van der Waals surface area (Å²) in [7, 11) is 0. The van der Waals surface area contributed by atoms with Gasteiger partial charge in [0.25, 0.3) is 0 Å². The zero-order chi connectivity index (χ0) is 14.4. The van der Waals surface area contributed by atoms with E-state index in [2.05, 4.69) is 46.9 Å². The molecule has 4 nitrogen and oxygen atoms in total. The molecule has 1 aromatic carbocycles. The minimum atomic E-state index is -0.918. The third kappa shape index (κ3) is 4.84. The van der Waals surface area contributed by atoms with E-state index in [1.54, 1.807) is 12.1 Å². The Hall–Kier alpha value is -1.07. The maximum Gasteiger partial charge on any atom is 0.337 e. The predicted molar refractivity (Wildman–Crippen MR) is 82.0 cm³/mol. The number of likely N-dealkylation sites (N-methyl/N-ethyl adjacent to an activating group) is 1. The first-order valence-electron chi connectivity index (χ1n) is 6.49. The lowest BCUT2D eigenvalue weighted by atomic mass is 10.1. The van der Waals surface area contributed by atoms with Gasteiger partial charge in [-0.15, -0.1) is 0 Å². The molecule has 0 saturated carbocycles. The summed E-state index contributed by atoms with van der Waals surface area (Å²) < 4.78 is 0.770. The van der Waals surface area contributed by atoms with Crippen molar-refractivity contribution >= 4 is 27.6 Å². The second kappa shape index (κ2) is 7.50. The molecule has 106 valence electrons. The Morgan fingerprint density at radius 2 is 2.05 bits per heavy atom. The van der Waals surface area contributed by atoms with Crippen molar-refractivity contribution in [1.82, 2.24) is 4.90 Å². The van der Waals surface area contributed by atoms with Crippen LogP contribution in [-0.4, -0.2) is 41.7 Å². The van der Waals surface area contributed by atoms with Gasteiger partial charge in [-0.2, -0.15) is 0 Å². The van der Waals surface area contributed by atoms with E-state index in [0.717, 1.165) is 24.1 Å². The van der Waals surface area contributed by atoms with Crippen LogP contribution >= 0.6 is 15.9 Å². The topological polar surface area (TPSA) is 52.6 Å². The molecule has 0 bridgehead atoms. The SMILES string of the molecule is CCN(CC)CC(C)Nc1ccc(Br)cc1C(=O)O. The molecule has 0 radical (unpaired) electrons. The van der Waals surface area contributed by atoms with Crippen molar-refractivity contribution < 1.29 is 9.90 Å². The Morgan fingerprint density at radius 1 is 1.42 bits per heavy atom. The predicted octanol–water partition coefficient (Wildman–Crippen LogP) is 3.29. The van der Waals surface area contributed by atoms with Crippen molar-refractivity contribution in [3.05, 3.63) is 28.2 Å². The Bertz CT molecular complexity index is 433. The number of carboxylic acids is 1. The summed E-state index contributed by atoms with van der Waals surface area (Å²) >= 11 is 3.29. The van der Waals surface area contributed by atoms with Gasteiger partial charge in [0.05, 0.1) is 5.56 Å². The smallest absolute Gasteiger partial charge is 0.337 e. The number of benzene rings is 1. The van der Waals surface area contributed by atoms with E-state index < -0.39 is 5.97 Å². The molecule has 1 unspecified atom stereocenters. The number of carboxylic acid groups (broad SMARTS) is 1. The highest BCUT2D eigenvalue weighted by molar-refractivity contribution is 9.10. The quantitative estimate of drug-likeness (QED) is 0.806. The average Bonchev–Trinajstić information content (AvgIpc) is 2.37. The molecule has 0 aliphatic carbocycles. The van der Waals surface area contributed by atoms with Gasteiger partial charge in [0.1, 0.15) is 0 Å². The van der Waals surface area contributed by atoms with E-state index in [-0.39, 0.29) is 6.04 Å². The number of rotatable bonds is 7. The molecule has 2 N–H and O–H groups in total. The first-order valence-corrected chi connectivity index (χ1v) is 7.28. The maximum absolute atomic E-state index is 11.2. The van der Waals surface area contributed by atoms with Gasteiger partial charge in [-0.3, -0.25) is 0 Å². The lowest BCUT2D eigenvalue weighted by Gasteiger charge is -2.24. The van der Waals surface area contributed by atoms with E-state index in [4.69, 9.17) is 0 Å². The molecule has 5 heteroatoms. The maximum atomic E-state index is 11.2. The summed E-state index contributed by atoms with van der Waals surface area (Å²) in [5, 5.41) is 12.5. The van der Waals surface area contributed by atoms with Gasteiger partial charge in [0, 0.05) is 22.7 Å². The number of halogens is 1. The largest absolute Gasteiger partial charge is 0.478 e. The van der Waals surface area contributed by atoms with Gasteiger partial charge in [-0.1, -0.05) is 29.8 Å². The minimum absolute atomic E-state index is 0.194. The van der Waals surface area contributed by atoms with Crippen molar-refractivity contribution in [1.29, 1.82) is 0 Å². The van der Waals surface area contributed by atoms with E-state index >= 15 is 0 Å². The van der Waals surface area contributed by atoms with Crippen molar-refractivity contribution in [3.63, 3.8) is 0 Å². The number of hydrogen-bond donors (Lipinski definition) is 2.